The molecular weight excluding hydrogens is 295 g/mol. The van der Waals surface area contributed by atoms with Gasteiger partial charge in [0.2, 0.25) is 0 Å². The van der Waals surface area contributed by atoms with Crippen LogP contribution in [-0.2, 0) is 12.7 Å². The molecule has 1 fully saturated rings. The number of nitrogens with zero attached hydrogens (tertiary/aromatic N) is 1. The van der Waals surface area contributed by atoms with Crippen molar-refractivity contribution in [3.05, 3.63) is 29.6 Å². The first-order valence-electron chi connectivity index (χ1n) is 7.49. The Hall–Kier alpha value is -1.79. The molecule has 0 bridgehead atoms. The zero-order valence-electron chi connectivity index (χ0n) is 12.2. The first-order chi connectivity index (χ1) is 10.4. The van der Waals surface area contributed by atoms with Crippen LogP contribution in [0, 0.1) is 5.92 Å². The number of hydrogen-bond donors (Lipinski definition) is 2. The van der Waals surface area contributed by atoms with Crippen molar-refractivity contribution in [3.8, 4) is 0 Å². The number of hydrogen-bond acceptors (Lipinski definition) is 2. The largest absolute Gasteiger partial charge is 0.433 e. The predicted octanol–water partition coefficient (Wildman–Crippen LogP) is 3.48. The Morgan fingerprint density at radius 2 is 1.95 bits per heavy atom. The van der Waals surface area contributed by atoms with Crippen LogP contribution in [0.25, 0.3) is 0 Å². The highest BCUT2D eigenvalue weighted by Gasteiger charge is 2.32. The molecule has 22 heavy (non-hydrogen) atoms. The minimum atomic E-state index is -4.47. The molecule has 7 heteroatoms. The highest BCUT2D eigenvalue weighted by Crippen LogP contribution is 2.27. The molecule has 0 saturated heterocycles. The number of pyridine rings is 1. The minimum Gasteiger partial charge on any atom is -0.338 e. The lowest BCUT2D eigenvalue weighted by atomic mass is 9.89. The molecule has 0 atom stereocenters. The van der Waals surface area contributed by atoms with Crippen LogP contribution in [0.15, 0.2) is 18.3 Å². The molecule has 2 N–H and O–H groups in total. The van der Waals surface area contributed by atoms with Gasteiger partial charge in [-0.2, -0.15) is 13.2 Å². The van der Waals surface area contributed by atoms with Crippen LogP contribution in [0.5, 0.6) is 0 Å². The fourth-order valence-electron chi connectivity index (χ4n) is 2.61. The zero-order valence-corrected chi connectivity index (χ0v) is 12.2. The van der Waals surface area contributed by atoms with Gasteiger partial charge in [-0.05, 0) is 36.5 Å². The monoisotopic (exact) mass is 315 g/mol. The summed E-state index contributed by atoms with van der Waals surface area (Å²) in [5.74, 6) is 0.511. The molecule has 1 saturated carbocycles. The van der Waals surface area contributed by atoms with E-state index >= 15 is 0 Å². The average Bonchev–Trinajstić information content (AvgIpc) is 2.51. The van der Waals surface area contributed by atoms with Crippen LogP contribution in [0.2, 0.25) is 0 Å². The molecule has 1 aromatic heterocycles. The molecule has 4 nitrogen and oxygen atoms in total. The first kappa shape index (κ1) is 16.6. The summed E-state index contributed by atoms with van der Waals surface area (Å²) < 4.78 is 37.6. The minimum absolute atomic E-state index is 0.0437. The van der Waals surface area contributed by atoms with Crippen molar-refractivity contribution in [2.75, 3.05) is 6.54 Å². The Kier molecular flexibility index (Phi) is 5.63. The summed E-state index contributed by atoms with van der Waals surface area (Å²) >= 11 is 0. The number of carbonyl (C=O) groups excluding carboxylic acids is 1. The normalized spacial score (nSPS) is 16.3. The highest BCUT2D eigenvalue weighted by atomic mass is 19.4. The van der Waals surface area contributed by atoms with Crippen LogP contribution in [0.4, 0.5) is 18.0 Å². The molecule has 0 aliphatic heterocycles. The van der Waals surface area contributed by atoms with Gasteiger partial charge in [-0.3, -0.25) is 4.98 Å². The molecule has 1 heterocycles. The van der Waals surface area contributed by atoms with E-state index in [9.17, 15) is 18.0 Å². The van der Waals surface area contributed by atoms with E-state index in [1.807, 2.05) is 0 Å². The van der Waals surface area contributed by atoms with Crippen molar-refractivity contribution in [1.29, 1.82) is 0 Å². The van der Waals surface area contributed by atoms with E-state index in [0.717, 1.165) is 25.1 Å². The molecule has 0 radical (unpaired) electrons. The maximum atomic E-state index is 12.5. The molecule has 0 unspecified atom stereocenters. The van der Waals surface area contributed by atoms with Gasteiger partial charge in [0.25, 0.3) is 0 Å². The Balaban J connectivity index is 1.76. The van der Waals surface area contributed by atoms with E-state index in [2.05, 4.69) is 15.6 Å². The van der Waals surface area contributed by atoms with Crippen molar-refractivity contribution >= 4 is 6.03 Å². The topological polar surface area (TPSA) is 54.0 Å². The van der Waals surface area contributed by atoms with Crippen LogP contribution < -0.4 is 10.6 Å². The van der Waals surface area contributed by atoms with Gasteiger partial charge in [0.15, 0.2) is 0 Å². The number of amides is 2. The zero-order chi connectivity index (χ0) is 16.0. The van der Waals surface area contributed by atoms with Gasteiger partial charge < -0.3 is 10.6 Å². The standard InChI is InChI=1S/C15H20F3N3O/c16-15(17,18)13-8-12(6-7-19-13)10-21-14(22)20-9-11-4-2-1-3-5-11/h6-8,11H,1-5,9-10H2,(H2,20,21,22). The molecule has 1 aliphatic carbocycles. The third-order valence-electron chi connectivity index (χ3n) is 3.84. The second-order valence-electron chi connectivity index (χ2n) is 5.61. The van der Waals surface area contributed by atoms with Gasteiger partial charge >= 0.3 is 12.2 Å². The maximum absolute atomic E-state index is 12.5. The molecular formula is C15H20F3N3O. The van der Waals surface area contributed by atoms with Crippen molar-refractivity contribution < 1.29 is 18.0 Å². The van der Waals surface area contributed by atoms with Gasteiger partial charge in [-0.15, -0.1) is 0 Å². The summed E-state index contributed by atoms with van der Waals surface area (Å²) in [5.41, 5.74) is -0.579. The smallest absolute Gasteiger partial charge is 0.338 e. The molecule has 0 aromatic carbocycles. The molecule has 0 spiro atoms. The van der Waals surface area contributed by atoms with E-state index in [1.165, 1.54) is 25.3 Å². The fraction of sp³-hybridized carbons (Fsp3) is 0.600. The number of alkyl halides is 3. The number of carbonyl (C=O) groups is 1. The molecule has 2 amide bonds. The Morgan fingerprint density at radius 3 is 2.64 bits per heavy atom. The lowest BCUT2D eigenvalue weighted by molar-refractivity contribution is -0.141. The van der Waals surface area contributed by atoms with Gasteiger partial charge in [0.05, 0.1) is 0 Å². The number of nitrogens with one attached hydrogen (secondary N) is 2. The lowest BCUT2D eigenvalue weighted by Crippen LogP contribution is -2.38. The molecule has 1 aromatic rings. The Labute approximate surface area is 127 Å². The fourth-order valence-corrected chi connectivity index (χ4v) is 2.61. The second kappa shape index (κ2) is 7.47. The third kappa shape index (κ3) is 5.20. The van der Waals surface area contributed by atoms with Crippen LogP contribution in [0.3, 0.4) is 0 Å². The number of rotatable bonds is 4. The number of urea groups is 1. The lowest BCUT2D eigenvalue weighted by Gasteiger charge is -2.21. The van der Waals surface area contributed by atoms with Crippen LogP contribution >= 0.6 is 0 Å². The van der Waals surface area contributed by atoms with Crippen molar-refractivity contribution in [1.82, 2.24) is 15.6 Å². The summed E-state index contributed by atoms with van der Waals surface area (Å²) in [6.45, 7) is 0.665. The van der Waals surface area contributed by atoms with Gasteiger partial charge in [0, 0.05) is 19.3 Å². The molecule has 122 valence electrons. The van der Waals surface area contributed by atoms with Gasteiger partial charge in [-0.25, -0.2) is 4.79 Å². The van der Waals surface area contributed by atoms with E-state index in [0.29, 0.717) is 18.0 Å². The van der Waals surface area contributed by atoms with Crippen LogP contribution in [-0.4, -0.2) is 17.6 Å². The predicted molar refractivity (Wildman–Crippen MR) is 76.1 cm³/mol. The second-order valence-corrected chi connectivity index (χ2v) is 5.61. The summed E-state index contributed by atoms with van der Waals surface area (Å²) in [7, 11) is 0. The maximum Gasteiger partial charge on any atom is 0.433 e. The Bertz CT molecular complexity index is 499. The highest BCUT2D eigenvalue weighted by molar-refractivity contribution is 5.73. The molecule has 2 rings (SSSR count). The average molecular weight is 315 g/mol. The van der Waals surface area contributed by atoms with Crippen LogP contribution in [0.1, 0.15) is 43.4 Å². The summed E-state index contributed by atoms with van der Waals surface area (Å²) in [5, 5.41) is 5.35. The first-order valence-corrected chi connectivity index (χ1v) is 7.49. The third-order valence-corrected chi connectivity index (χ3v) is 3.84. The van der Waals surface area contributed by atoms with Crippen molar-refractivity contribution in [2.45, 2.75) is 44.8 Å². The molecule has 1 aliphatic rings. The summed E-state index contributed by atoms with van der Waals surface area (Å²) in [6.07, 6.45) is 2.53. The van der Waals surface area contributed by atoms with Gasteiger partial charge in [-0.1, -0.05) is 19.3 Å². The van der Waals surface area contributed by atoms with Gasteiger partial charge in [0.1, 0.15) is 5.69 Å². The number of halogens is 3. The number of aromatic nitrogens is 1. The SMILES string of the molecule is O=C(NCc1ccnc(C(F)(F)F)c1)NCC1CCCCC1. The summed E-state index contributed by atoms with van der Waals surface area (Å²) in [6, 6.07) is 2.05. The van der Waals surface area contributed by atoms with E-state index in [1.54, 1.807) is 0 Å². The van der Waals surface area contributed by atoms with E-state index in [-0.39, 0.29) is 12.6 Å². The van der Waals surface area contributed by atoms with Crippen molar-refractivity contribution in [3.63, 3.8) is 0 Å². The summed E-state index contributed by atoms with van der Waals surface area (Å²) in [4.78, 5) is 15.0. The van der Waals surface area contributed by atoms with E-state index < -0.39 is 11.9 Å². The Morgan fingerprint density at radius 1 is 1.23 bits per heavy atom. The van der Waals surface area contributed by atoms with E-state index in [4.69, 9.17) is 0 Å². The van der Waals surface area contributed by atoms with Crippen molar-refractivity contribution in [2.24, 2.45) is 5.92 Å². The quantitative estimate of drug-likeness (QED) is 0.894.